The highest BCUT2D eigenvalue weighted by Crippen LogP contribution is 2.17. The molecule has 1 heterocycles. The molecule has 13 heavy (non-hydrogen) atoms. The van der Waals surface area contributed by atoms with E-state index >= 15 is 0 Å². The molecule has 0 aromatic carbocycles. The summed E-state index contributed by atoms with van der Waals surface area (Å²) in [6, 6.07) is 1.94. The molecule has 1 aromatic heterocycles. The fourth-order valence-electron chi connectivity index (χ4n) is 1.06. The summed E-state index contributed by atoms with van der Waals surface area (Å²) in [5, 5.41) is 14.2. The fourth-order valence-corrected chi connectivity index (χ4v) is 1.06. The van der Waals surface area contributed by atoms with Crippen molar-refractivity contribution in [2.24, 2.45) is 5.92 Å². The van der Waals surface area contributed by atoms with E-state index in [1.165, 1.54) is 0 Å². The van der Waals surface area contributed by atoms with Gasteiger partial charge in [0.05, 0.1) is 17.8 Å². The lowest BCUT2D eigenvalue weighted by atomic mass is 9.93. The Balaban J connectivity index is 2.68. The van der Waals surface area contributed by atoms with Crippen LogP contribution < -0.4 is 0 Å². The van der Waals surface area contributed by atoms with Gasteiger partial charge in [-0.1, -0.05) is 13.8 Å². The van der Waals surface area contributed by atoms with Crippen LogP contribution in [0.2, 0.25) is 0 Å². The molecular formula is C10H18N2O. The van der Waals surface area contributed by atoms with Gasteiger partial charge >= 0.3 is 0 Å². The van der Waals surface area contributed by atoms with Crippen molar-refractivity contribution in [3.63, 3.8) is 0 Å². The smallest absolute Gasteiger partial charge is 0.0837 e. The molecule has 0 saturated carbocycles. The van der Waals surface area contributed by atoms with E-state index in [0.29, 0.717) is 6.54 Å². The van der Waals surface area contributed by atoms with Gasteiger partial charge in [-0.15, -0.1) is 0 Å². The van der Waals surface area contributed by atoms with Crippen LogP contribution in [0.1, 0.15) is 26.5 Å². The van der Waals surface area contributed by atoms with E-state index in [1.807, 2.05) is 40.0 Å². The lowest BCUT2D eigenvalue weighted by molar-refractivity contribution is -0.00572. The van der Waals surface area contributed by atoms with Crippen LogP contribution in [0.25, 0.3) is 0 Å². The Morgan fingerprint density at radius 1 is 1.62 bits per heavy atom. The lowest BCUT2D eigenvalue weighted by Crippen LogP contribution is -2.36. The normalized spacial score (nSPS) is 16.2. The maximum absolute atomic E-state index is 9.99. The van der Waals surface area contributed by atoms with Crippen LogP contribution in [-0.2, 0) is 6.54 Å². The summed E-state index contributed by atoms with van der Waals surface area (Å²) in [6.45, 7) is 8.36. The molecule has 0 fully saturated rings. The average molecular weight is 182 g/mol. The third kappa shape index (κ3) is 2.56. The predicted molar refractivity (Wildman–Crippen MR) is 52.4 cm³/mol. The first kappa shape index (κ1) is 10.3. The molecular weight excluding hydrogens is 164 g/mol. The quantitative estimate of drug-likeness (QED) is 0.771. The molecule has 0 spiro atoms. The van der Waals surface area contributed by atoms with Gasteiger partial charge in [-0.3, -0.25) is 4.68 Å². The van der Waals surface area contributed by atoms with E-state index in [4.69, 9.17) is 0 Å². The van der Waals surface area contributed by atoms with E-state index < -0.39 is 5.60 Å². The molecule has 1 aromatic rings. The van der Waals surface area contributed by atoms with Crippen LogP contribution >= 0.6 is 0 Å². The van der Waals surface area contributed by atoms with Gasteiger partial charge in [0.15, 0.2) is 0 Å². The van der Waals surface area contributed by atoms with Gasteiger partial charge in [-0.05, 0) is 25.8 Å². The number of aliphatic hydroxyl groups is 1. The Kier molecular flexibility index (Phi) is 2.76. The van der Waals surface area contributed by atoms with E-state index in [1.54, 1.807) is 4.68 Å². The minimum atomic E-state index is -0.682. The maximum atomic E-state index is 9.99. The van der Waals surface area contributed by atoms with E-state index in [0.717, 1.165) is 5.69 Å². The van der Waals surface area contributed by atoms with Crippen LogP contribution in [0.5, 0.6) is 0 Å². The first-order valence-corrected chi connectivity index (χ1v) is 4.64. The van der Waals surface area contributed by atoms with Crippen LogP contribution in [0, 0.1) is 12.8 Å². The Morgan fingerprint density at radius 3 is 2.62 bits per heavy atom. The zero-order chi connectivity index (χ0) is 10.1. The molecule has 0 amide bonds. The van der Waals surface area contributed by atoms with Crippen LogP contribution in [-0.4, -0.2) is 20.5 Å². The van der Waals surface area contributed by atoms with Crippen LogP contribution in [0.15, 0.2) is 12.3 Å². The van der Waals surface area contributed by atoms with Gasteiger partial charge in [-0.2, -0.15) is 5.10 Å². The summed E-state index contributed by atoms with van der Waals surface area (Å²) in [5.41, 5.74) is 0.304. The van der Waals surface area contributed by atoms with E-state index in [2.05, 4.69) is 5.10 Å². The monoisotopic (exact) mass is 182 g/mol. The van der Waals surface area contributed by atoms with Crippen molar-refractivity contribution < 1.29 is 5.11 Å². The molecule has 0 saturated heterocycles. The number of rotatable bonds is 3. The maximum Gasteiger partial charge on any atom is 0.0837 e. The first-order valence-electron chi connectivity index (χ1n) is 4.64. The van der Waals surface area contributed by atoms with Crippen molar-refractivity contribution in [1.29, 1.82) is 0 Å². The van der Waals surface area contributed by atoms with Crippen LogP contribution in [0.4, 0.5) is 0 Å². The summed E-state index contributed by atoms with van der Waals surface area (Å²) < 4.78 is 1.79. The second kappa shape index (κ2) is 3.50. The van der Waals surface area contributed by atoms with Gasteiger partial charge in [0.1, 0.15) is 0 Å². The molecule has 0 aliphatic heterocycles. The van der Waals surface area contributed by atoms with Crippen molar-refractivity contribution in [3.05, 3.63) is 18.0 Å². The highest BCUT2D eigenvalue weighted by molar-refractivity contribution is 4.95. The number of nitrogens with zero attached hydrogens (tertiary/aromatic N) is 2. The number of aromatic nitrogens is 2. The summed E-state index contributed by atoms with van der Waals surface area (Å²) >= 11 is 0. The van der Waals surface area contributed by atoms with Gasteiger partial charge in [0, 0.05) is 6.20 Å². The zero-order valence-corrected chi connectivity index (χ0v) is 8.78. The second-order valence-corrected chi connectivity index (χ2v) is 4.17. The van der Waals surface area contributed by atoms with Gasteiger partial charge in [0.2, 0.25) is 0 Å². The Bertz CT molecular complexity index is 276. The van der Waals surface area contributed by atoms with Gasteiger partial charge in [0.25, 0.3) is 0 Å². The third-order valence-electron chi connectivity index (χ3n) is 2.50. The Morgan fingerprint density at radius 2 is 2.23 bits per heavy atom. The van der Waals surface area contributed by atoms with Crippen LogP contribution in [0.3, 0.4) is 0 Å². The van der Waals surface area contributed by atoms with Gasteiger partial charge < -0.3 is 5.11 Å². The summed E-state index contributed by atoms with van der Waals surface area (Å²) in [5.74, 6) is 0.233. The largest absolute Gasteiger partial charge is 0.388 e. The minimum Gasteiger partial charge on any atom is -0.388 e. The van der Waals surface area contributed by atoms with Crippen molar-refractivity contribution in [1.82, 2.24) is 9.78 Å². The lowest BCUT2D eigenvalue weighted by Gasteiger charge is -2.27. The van der Waals surface area contributed by atoms with Crippen molar-refractivity contribution >= 4 is 0 Å². The van der Waals surface area contributed by atoms with Crippen molar-refractivity contribution in [2.45, 2.75) is 39.8 Å². The molecule has 74 valence electrons. The highest BCUT2D eigenvalue weighted by Gasteiger charge is 2.25. The zero-order valence-electron chi connectivity index (χ0n) is 8.78. The highest BCUT2D eigenvalue weighted by atomic mass is 16.3. The Hall–Kier alpha value is -0.830. The number of hydrogen-bond acceptors (Lipinski definition) is 2. The third-order valence-corrected chi connectivity index (χ3v) is 2.50. The number of hydrogen-bond donors (Lipinski definition) is 1. The predicted octanol–water partition coefficient (Wildman–Crippen LogP) is 1.60. The van der Waals surface area contributed by atoms with Gasteiger partial charge in [-0.25, -0.2) is 0 Å². The molecule has 0 aliphatic rings. The molecule has 1 unspecified atom stereocenters. The molecule has 1 N–H and O–H groups in total. The molecule has 1 atom stereocenters. The summed E-state index contributed by atoms with van der Waals surface area (Å²) in [6.07, 6.45) is 1.90. The van der Waals surface area contributed by atoms with E-state index in [-0.39, 0.29) is 5.92 Å². The Labute approximate surface area is 79.4 Å². The molecule has 1 rings (SSSR count). The molecule has 0 bridgehead atoms. The first-order chi connectivity index (χ1) is 5.92. The molecule has 3 heteroatoms. The second-order valence-electron chi connectivity index (χ2n) is 4.17. The minimum absolute atomic E-state index is 0.233. The van der Waals surface area contributed by atoms with Crippen molar-refractivity contribution in [2.75, 3.05) is 0 Å². The molecule has 3 nitrogen and oxygen atoms in total. The molecule has 0 radical (unpaired) electrons. The number of aryl methyl sites for hydroxylation is 1. The van der Waals surface area contributed by atoms with Crippen molar-refractivity contribution in [3.8, 4) is 0 Å². The topological polar surface area (TPSA) is 38.0 Å². The van der Waals surface area contributed by atoms with E-state index in [9.17, 15) is 5.11 Å². The average Bonchev–Trinajstić information content (AvgIpc) is 2.34. The summed E-state index contributed by atoms with van der Waals surface area (Å²) in [7, 11) is 0. The fraction of sp³-hybridized carbons (Fsp3) is 0.700. The molecule has 0 aliphatic carbocycles. The summed E-state index contributed by atoms with van der Waals surface area (Å²) in [4.78, 5) is 0. The SMILES string of the molecule is Cc1ccn(CC(C)(O)C(C)C)n1. The standard InChI is InChI=1S/C10H18N2O/c1-8(2)10(4,13)7-12-6-5-9(3)11-12/h5-6,8,13H,7H2,1-4H3.